The minimum atomic E-state index is -3.90. The lowest BCUT2D eigenvalue weighted by Crippen LogP contribution is -2.42. The molecule has 0 bridgehead atoms. The Bertz CT molecular complexity index is 854. The van der Waals surface area contributed by atoms with Crippen LogP contribution in [0.15, 0.2) is 53.4 Å². The number of hydrazine groups is 1. The number of ether oxygens (including phenoxy) is 1. The molecule has 0 aliphatic heterocycles. The lowest BCUT2D eigenvalue weighted by atomic mass is 10.2. The van der Waals surface area contributed by atoms with E-state index in [-0.39, 0.29) is 18.0 Å². The summed E-state index contributed by atoms with van der Waals surface area (Å²) in [7, 11) is -3.90. The first-order valence-corrected chi connectivity index (χ1v) is 9.59. The summed E-state index contributed by atoms with van der Waals surface area (Å²) in [6.07, 6.45) is 0. The summed E-state index contributed by atoms with van der Waals surface area (Å²) in [6.45, 7) is 3.81. The van der Waals surface area contributed by atoms with Gasteiger partial charge in [0.25, 0.3) is 0 Å². The van der Waals surface area contributed by atoms with Crippen molar-refractivity contribution in [3.05, 3.63) is 59.7 Å². The number of benzene rings is 2. The number of hydrogen-bond acceptors (Lipinski definition) is 5. The topological polar surface area (TPSA) is 102 Å². The maximum Gasteiger partial charge on any atom is 0.249 e. The van der Waals surface area contributed by atoms with E-state index in [0.29, 0.717) is 17.9 Å². The lowest BCUT2D eigenvalue weighted by Gasteiger charge is -2.22. The standard InChI is InChI=1S/C18H23N3O4S/c1-3-25-17-10-9-16(11-14(17)2)26(23,24)21(13-18(22)20-19)12-15-7-5-4-6-8-15/h4-11H,3,12-13,19H2,1-2H3,(H,20,22). The minimum absolute atomic E-state index is 0.0584. The molecule has 0 aliphatic carbocycles. The first kappa shape index (κ1) is 19.9. The van der Waals surface area contributed by atoms with E-state index in [4.69, 9.17) is 10.6 Å². The molecule has 0 fully saturated rings. The van der Waals surface area contributed by atoms with Gasteiger partial charge in [-0.2, -0.15) is 4.31 Å². The Balaban J connectivity index is 2.38. The molecule has 0 saturated heterocycles. The van der Waals surface area contributed by atoms with Crippen LogP contribution in [0.1, 0.15) is 18.1 Å². The van der Waals surface area contributed by atoms with Gasteiger partial charge in [-0.15, -0.1) is 0 Å². The third kappa shape index (κ3) is 4.81. The van der Waals surface area contributed by atoms with Gasteiger partial charge in [0.05, 0.1) is 18.0 Å². The molecule has 0 saturated carbocycles. The zero-order valence-corrected chi connectivity index (χ0v) is 15.6. The Morgan fingerprint density at radius 3 is 2.46 bits per heavy atom. The minimum Gasteiger partial charge on any atom is -0.494 e. The van der Waals surface area contributed by atoms with Gasteiger partial charge in [0.1, 0.15) is 5.75 Å². The van der Waals surface area contributed by atoms with Crippen LogP contribution in [0.2, 0.25) is 0 Å². The highest BCUT2D eigenvalue weighted by atomic mass is 32.2. The number of amides is 1. The Hall–Kier alpha value is -2.42. The molecule has 0 heterocycles. The molecule has 26 heavy (non-hydrogen) atoms. The largest absolute Gasteiger partial charge is 0.494 e. The maximum atomic E-state index is 13.1. The molecule has 2 rings (SSSR count). The quantitative estimate of drug-likeness (QED) is 0.413. The molecule has 0 spiro atoms. The Morgan fingerprint density at radius 1 is 1.19 bits per heavy atom. The molecule has 7 nitrogen and oxygen atoms in total. The highest BCUT2D eigenvalue weighted by Crippen LogP contribution is 2.25. The van der Waals surface area contributed by atoms with Gasteiger partial charge in [-0.25, -0.2) is 14.3 Å². The van der Waals surface area contributed by atoms with Crippen LogP contribution in [0, 0.1) is 6.92 Å². The summed E-state index contributed by atoms with van der Waals surface area (Å²) in [6, 6.07) is 13.7. The Kier molecular flexibility index (Phi) is 6.73. The van der Waals surface area contributed by atoms with Gasteiger partial charge in [0.15, 0.2) is 0 Å². The smallest absolute Gasteiger partial charge is 0.249 e. The van der Waals surface area contributed by atoms with Crippen molar-refractivity contribution in [1.29, 1.82) is 0 Å². The summed E-state index contributed by atoms with van der Waals surface area (Å²) in [5.74, 6) is 5.17. The molecule has 2 aromatic carbocycles. The fourth-order valence-electron chi connectivity index (χ4n) is 2.47. The number of carbonyl (C=O) groups excluding carboxylic acids is 1. The van der Waals surface area contributed by atoms with Crippen LogP contribution >= 0.6 is 0 Å². The normalized spacial score (nSPS) is 11.4. The van der Waals surface area contributed by atoms with Gasteiger partial charge in [-0.05, 0) is 43.2 Å². The molecular formula is C18H23N3O4S. The SMILES string of the molecule is CCOc1ccc(S(=O)(=O)N(CC(=O)NN)Cc2ccccc2)cc1C. The van der Waals surface area contributed by atoms with Crippen molar-refractivity contribution < 1.29 is 17.9 Å². The van der Waals surface area contributed by atoms with Gasteiger partial charge < -0.3 is 4.74 Å². The molecule has 0 atom stereocenters. The first-order chi connectivity index (χ1) is 12.4. The molecular weight excluding hydrogens is 354 g/mol. The van der Waals surface area contributed by atoms with Crippen LogP contribution in [0.3, 0.4) is 0 Å². The number of hydrogen-bond donors (Lipinski definition) is 2. The third-order valence-corrected chi connectivity index (χ3v) is 5.55. The van der Waals surface area contributed by atoms with Crippen LogP contribution < -0.4 is 16.0 Å². The summed E-state index contributed by atoms with van der Waals surface area (Å²) in [5, 5.41) is 0. The highest BCUT2D eigenvalue weighted by Gasteiger charge is 2.27. The second kappa shape index (κ2) is 8.79. The van der Waals surface area contributed by atoms with E-state index >= 15 is 0 Å². The zero-order valence-electron chi connectivity index (χ0n) is 14.8. The van der Waals surface area contributed by atoms with Crippen molar-refractivity contribution in [2.24, 2.45) is 5.84 Å². The average molecular weight is 377 g/mol. The van der Waals surface area contributed by atoms with E-state index < -0.39 is 15.9 Å². The third-order valence-electron chi connectivity index (χ3n) is 3.77. The van der Waals surface area contributed by atoms with Gasteiger partial charge in [0, 0.05) is 6.54 Å². The van der Waals surface area contributed by atoms with Crippen LogP contribution in [-0.2, 0) is 21.4 Å². The Labute approximate surface area is 153 Å². The second-order valence-corrected chi connectivity index (χ2v) is 7.62. The number of nitrogens with one attached hydrogen (secondary N) is 1. The fourth-order valence-corrected chi connectivity index (χ4v) is 3.94. The van der Waals surface area contributed by atoms with Crippen molar-refractivity contribution in [1.82, 2.24) is 9.73 Å². The van der Waals surface area contributed by atoms with Crippen LogP contribution in [0.4, 0.5) is 0 Å². The molecule has 0 aromatic heterocycles. The number of rotatable bonds is 8. The van der Waals surface area contributed by atoms with Gasteiger partial charge >= 0.3 is 0 Å². The first-order valence-electron chi connectivity index (χ1n) is 8.15. The average Bonchev–Trinajstić information content (AvgIpc) is 2.63. The van der Waals surface area contributed by atoms with Crippen molar-refractivity contribution in [3.8, 4) is 5.75 Å². The lowest BCUT2D eigenvalue weighted by molar-refractivity contribution is -0.121. The monoisotopic (exact) mass is 377 g/mol. The van der Waals surface area contributed by atoms with Gasteiger partial charge in [-0.1, -0.05) is 30.3 Å². The van der Waals surface area contributed by atoms with Crippen molar-refractivity contribution in [2.75, 3.05) is 13.2 Å². The van der Waals surface area contributed by atoms with Gasteiger partial charge in [0.2, 0.25) is 15.9 Å². The summed E-state index contributed by atoms with van der Waals surface area (Å²) >= 11 is 0. The summed E-state index contributed by atoms with van der Waals surface area (Å²) < 4.78 is 32.7. The van der Waals surface area contributed by atoms with E-state index in [1.165, 1.54) is 6.07 Å². The molecule has 0 aliphatic rings. The summed E-state index contributed by atoms with van der Waals surface area (Å²) in [5.41, 5.74) is 3.45. The number of aryl methyl sites for hydroxylation is 1. The molecule has 0 radical (unpaired) electrons. The second-order valence-electron chi connectivity index (χ2n) is 5.69. The van der Waals surface area contributed by atoms with E-state index in [1.54, 1.807) is 31.2 Å². The highest BCUT2D eigenvalue weighted by molar-refractivity contribution is 7.89. The van der Waals surface area contributed by atoms with Crippen molar-refractivity contribution in [2.45, 2.75) is 25.3 Å². The molecule has 140 valence electrons. The molecule has 3 N–H and O–H groups in total. The Morgan fingerprint density at radius 2 is 1.88 bits per heavy atom. The van der Waals surface area contributed by atoms with Gasteiger partial charge in [-0.3, -0.25) is 10.2 Å². The summed E-state index contributed by atoms with van der Waals surface area (Å²) in [4.78, 5) is 11.8. The van der Waals surface area contributed by atoms with Crippen molar-refractivity contribution in [3.63, 3.8) is 0 Å². The number of carbonyl (C=O) groups is 1. The molecule has 8 heteroatoms. The number of sulfonamides is 1. The fraction of sp³-hybridized carbons (Fsp3) is 0.278. The zero-order chi connectivity index (χ0) is 19.2. The number of nitrogens with two attached hydrogens (primary N) is 1. The van der Waals surface area contributed by atoms with Crippen LogP contribution in [0.25, 0.3) is 0 Å². The van der Waals surface area contributed by atoms with Crippen LogP contribution in [0.5, 0.6) is 5.75 Å². The molecule has 2 aromatic rings. The van der Waals surface area contributed by atoms with Crippen molar-refractivity contribution >= 4 is 15.9 Å². The molecule has 1 amide bonds. The van der Waals surface area contributed by atoms with Crippen LogP contribution in [-0.4, -0.2) is 31.8 Å². The van der Waals surface area contributed by atoms with E-state index in [0.717, 1.165) is 9.87 Å². The van der Waals surface area contributed by atoms with E-state index in [9.17, 15) is 13.2 Å². The predicted molar refractivity (Wildman–Crippen MR) is 98.7 cm³/mol. The maximum absolute atomic E-state index is 13.1. The predicted octanol–water partition coefficient (Wildman–Crippen LogP) is 1.57. The number of nitrogens with zero attached hydrogens (tertiary/aromatic N) is 1. The molecule has 0 unspecified atom stereocenters. The van der Waals surface area contributed by atoms with E-state index in [2.05, 4.69) is 0 Å². The van der Waals surface area contributed by atoms with E-state index in [1.807, 2.05) is 30.5 Å².